The van der Waals surface area contributed by atoms with Crippen LogP contribution in [0, 0.1) is 0 Å². The standard InChI is InChI=1S/C11H22N4O2/c1-10(2,3)15-6-9(13-14-15)5-12-7-11(4,17)8-16/h6,12,16-17H,5,7-8H2,1-4H3. The van der Waals surface area contributed by atoms with E-state index in [1.807, 2.05) is 6.20 Å². The van der Waals surface area contributed by atoms with Crippen molar-refractivity contribution >= 4 is 0 Å². The van der Waals surface area contributed by atoms with E-state index in [4.69, 9.17) is 5.11 Å². The molecule has 0 fully saturated rings. The topological polar surface area (TPSA) is 83.2 Å². The summed E-state index contributed by atoms with van der Waals surface area (Å²) in [5, 5.41) is 29.6. The van der Waals surface area contributed by atoms with Gasteiger partial charge in [-0.05, 0) is 27.7 Å². The number of hydrogen-bond donors (Lipinski definition) is 3. The predicted molar refractivity (Wildman–Crippen MR) is 64.4 cm³/mol. The van der Waals surface area contributed by atoms with E-state index >= 15 is 0 Å². The summed E-state index contributed by atoms with van der Waals surface area (Å²) in [7, 11) is 0. The van der Waals surface area contributed by atoms with E-state index in [0.717, 1.165) is 5.69 Å². The van der Waals surface area contributed by atoms with Gasteiger partial charge in [0.1, 0.15) is 0 Å². The summed E-state index contributed by atoms with van der Waals surface area (Å²) in [5.41, 5.74) is -0.365. The lowest BCUT2D eigenvalue weighted by molar-refractivity contribution is 0.00248. The molecule has 0 spiro atoms. The zero-order chi connectivity index (χ0) is 13.1. The van der Waals surface area contributed by atoms with Crippen molar-refractivity contribution in [1.29, 1.82) is 0 Å². The van der Waals surface area contributed by atoms with Gasteiger partial charge in [-0.2, -0.15) is 0 Å². The molecule has 1 unspecified atom stereocenters. The molecule has 6 nitrogen and oxygen atoms in total. The summed E-state index contributed by atoms with van der Waals surface area (Å²) in [4.78, 5) is 0. The minimum atomic E-state index is -1.10. The summed E-state index contributed by atoms with van der Waals surface area (Å²) >= 11 is 0. The quantitative estimate of drug-likeness (QED) is 0.669. The number of aliphatic hydroxyl groups is 2. The summed E-state index contributed by atoms with van der Waals surface area (Å²) in [5.74, 6) is 0. The maximum atomic E-state index is 9.58. The van der Waals surface area contributed by atoms with E-state index in [1.165, 1.54) is 0 Å². The zero-order valence-electron chi connectivity index (χ0n) is 10.9. The van der Waals surface area contributed by atoms with Gasteiger partial charge >= 0.3 is 0 Å². The number of aromatic nitrogens is 3. The highest BCUT2D eigenvalue weighted by Gasteiger charge is 2.19. The van der Waals surface area contributed by atoms with E-state index in [1.54, 1.807) is 11.6 Å². The molecule has 1 atom stereocenters. The molecule has 0 aliphatic carbocycles. The van der Waals surface area contributed by atoms with E-state index < -0.39 is 5.60 Å². The monoisotopic (exact) mass is 242 g/mol. The van der Waals surface area contributed by atoms with Crippen molar-refractivity contribution in [3.63, 3.8) is 0 Å². The van der Waals surface area contributed by atoms with Crippen molar-refractivity contribution in [3.05, 3.63) is 11.9 Å². The number of nitrogens with one attached hydrogen (secondary N) is 1. The van der Waals surface area contributed by atoms with Crippen molar-refractivity contribution < 1.29 is 10.2 Å². The summed E-state index contributed by atoms with van der Waals surface area (Å²) in [6.45, 7) is 8.29. The first kappa shape index (κ1) is 14.1. The molecule has 3 N–H and O–H groups in total. The molecule has 1 aromatic rings. The Labute approximate surface area is 102 Å². The molecule has 0 saturated carbocycles. The number of nitrogens with zero attached hydrogens (tertiary/aromatic N) is 3. The fourth-order valence-corrected chi connectivity index (χ4v) is 1.22. The Morgan fingerprint density at radius 3 is 2.47 bits per heavy atom. The molecule has 0 saturated heterocycles. The SMILES string of the molecule is CC(O)(CO)CNCc1cn(C(C)(C)C)nn1. The van der Waals surface area contributed by atoms with E-state index in [2.05, 4.69) is 36.4 Å². The lowest BCUT2D eigenvalue weighted by Gasteiger charge is -2.20. The summed E-state index contributed by atoms with van der Waals surface area (Å²) in [6, 6.07) is 0. The molecule has 1 heterocycles. The van der Waals surface area contributed by atoms with Gasteiger partial charge in [-0.1, -0.05) is 5.21 Å². The van der Waals surface area contributed by atoms with Gasteiger partial charge in [0.25, 0.3) is 0 Å². The van der Waals surface area contributed by atoms with Crippen LogP contribution in [0.4, 0.5) is 0 Å². The highest BCUT2D eigenvalue weighted by molar-refractivity contribution is 4.94. The molecule has 0 radical (unpaired) electrons. The van der Waals surface area contributed by atoms with Gasteiger partial charge in [-0.25, -0.2) is 4.68 Å². The van der Waals surface area contributed by atoms with Gasteiger partial charge in [0, 0.05) is 13.1 Å². The largest absolute Gasteiger partial charge is 0.393 e. The maximum Gasteiger partial charge on any atom is 0.0972 e. The third kappa shape index (κ3) is 4.41. The minimum Gasteiger partial charge on any atom is -0.393 e. The average molecular weight is 242 g/mol. The maximum absolute atomic E-state index is 9.58. The van der Waals surface area contributed by atoms with Crippen LogP contribution in [0.1, 0.15) is 33.4 Å². The van der Waals surface area contributed by atoms with E-state index in [9.17, 15) is 5.11 Å². The first-order valence-corrected chi connectivity index (χ1v) is 5.70. The zero-order valence-corrected chi connectivity index (χ0v) is 10.9. The molecule has 0 aliphatic rings. The highest BCUT2D eigenvalue weighted by Crippen LogP contribution is 2.11. The van der Waals surface area contributed by atoms with E-state index in [-0.39, 0.29) is 12.1 Å². The molecule has 0 aliphatic heterocycles. The second-order valence-corrected chi connectivity index (χ2v) is 5.58. The second-order valence-electron chi connectivity index (χ2n) is 5.58. The van der Waals surface area contributed by atoms with Crippen LogP contribution < -0.4 is 5.32 Å². The predicted octanol–water partition coefficient (Wildman–Crippen LogP) is -0.134. The molecule has 6 heteroatoms. The summed E-state index contributed by atoms with van der Waals surface area (Å²) < 4.78 is 1.80. The molecule has 0 bridgehead atoms. The van der Waals surface area contributed by atoms with Crippen LogP contribution in [0.2, 0.25) is 0 Å². The van der Waals surface area contributed by atoms with Crippen LogP contribution in [0.5, 0.6) is 0 Å². The molecule has 1 aromatic heterocycles. The van der Waals surface area contributed by atoms with Gasteiger partial charge in [0.2, 0.25) is 0 Å². The first-order valence-electron chi connectivity index (χ1n) is 5.70. The Bertz CT molecular complexity index is 355. The first-order chi connectivity index (χ1) is 7.74. The van der Waals surface area contributed by atoms with Crippen molar-refractivity contribution in [1.82, 2.24) is 20.3 Å². The molecule has 0 amide bonds. The van der Waals surface area contributed by atoms with Crippen LogP contribution in [-0.2, 0) is 12.1 Å². The molecular formula is C11H22N4O2. The Morgan fingerprint density at radius 2 is 2.00 bits per heavy atom. The second kappa shape index (κ2) is 5.12. The number of rotatable bonds is 5. The van der Waals surface area contributed by atoms with Crippen LogP contribution in [0.3, 0.4) is 0 Å². The molecule has 1 rings (SSSR count). The Kier molecular flexibility index (Phi) is 4.24. The highest BCUT2D eigenvalue weighted by atomic mass is 16.3. The molecule has 98 valence electrons. The lowest BCUT2D eigenvalue weighted by atomic mass is 10.1. The van der Waals surface area contributed by atoms with Gasteiger partial charge in [-0.15, -0.1) is 5.10 Å². The fourth-order valence-electron chi connectivity index (χ4n) is 1.22. The molecule has 0 aromatic carbocycles. The normalized spacial score (nSPS) is 15.9. The van der Waals surface area contributed by atoms with Crippen molar-refractivity contribution in [2.24, 2.45) is 0 Å². The van der Waals surface area contributed by atoms with Gasteiger partial charge in [-0.3, -0.25) is 0 Å². The smallest absolute Gasteiger partial charge is 0.0972 e. The third-order valence-electron chi connectivity index (χ3n) is 2.38. The minimum absolute atomic E-state index is 0.0815. The van der Waals surface area contributed by atoms with Crippen molar-refractivity contribution in [3.8, 4) is 0 Å². The van der Waals surface area contributed by atoms with Gasteiger partial charge in [0.05, 0.1) is 29.6 Å². The van der Waals surface area contributed by atoms with E-state index in [0.29, 0.717) is 13.1 Å². The lowest BCUT2D eigenvalue weighted by Crippen LogP contribution is -2.40. The van der Waals surface area contributed by atoms with Gasteiger partial charge < -0.3 is 15.5 Å². The fraction of sp³-hybridized carbons (Fsp3) is 0.818. The van der Waals surface area contributed by atoms with Crippen LogP contribution >= 0.6 is 0 Å². The average Bonchev–Trinajstić information content (AvgIpc) is 2.66. The van der Waals surface area contributed by atoms with Crippen molar-refractivity contribution in [2.45, 2.75) is 45.4 Å². The van der Waals surface area contributed by atoms with Crippen molar-refractivity contribution in [2.75, 3.05) is 13.2 Å². The van der Waals surface area contributed by atoms with Gasteiger partial charge in [0.15, 0.2) is 0 Å². The number of aliphatic hydroxyl groups excluding tert-OH is 1. The Balaban J connectivity index is 2.46. The number of hydrogen-bond acceptors (Lipinski definition) is 5. The summed E-state index contributed by atoms with van der Waals surface area (Å²) in [6.07, 6.45) is 1.88. The van der Waals surface area contributed by atoms with Crippen LogP contribution in [0.15, 0.2) is 6.20 Å². The molecule has 17 heavy (non-hydrogen) atoms. The van der Waals surface area contributed by atoms with Crippen LogP contribution in [-0.4, -0.2) is 44.0 Å². The van der Waals surface area contributed by atoms with Crippen LogP contribution in [0.25, 0.3) is 0 Å². The Morgan fingerprint density at radius 1 is 1.35 bits per heavy atom. The third-order valence-corrected chi connectivity index (χ3v) is 2.38. The molecular weight excluding hydrogens is 220 g/mol. The Hall–Kier alpha value is -0.980.